The van der Waals surface area contributed by atoms with Crippen molar-refractivity contribution in [3.63, 3.8) is 0 Å². The third-order valence-corrected chi connectivity index (χ3v) is 5.34. The first kappa shape index (κ1) is 13.6. The first-order valence-electron chi connectivity index (χ1n) is 8.35. The zero-order valence-electron chi connectivity index (χ0n) is 13.3. The molecule has 0 bridgehead atoms. The molecule has 0 aromatic heterocycles. The SMILES string of the molecule is O=C1c2ccccc2[C@@]2(Cc3ccccc3)Cc3ccccc3N12. The number of fused-ring (bicyclic) bond motifs is 5. The molecule has 2 nitrogen and oxygen atoms in total. The highest BCUT2D eigenvalue weighted by molar-refractivity contribution is 6.13. The maximum atomic E-state index is 13.2. The molecule has 116 valence electrons. The number of anilines is 1. The Labute approximate surface area is 141 Å². The molecular formula is C22H17NO. The Bertz CT molecular complexity index is 947. The van der Waals surface area contributed by atoms with Crippen molar-refractivity contribution in [2.75, 3.05) is 4.90 Å². The molecule has 3 aromatic rings. The van der Waals surface area contributed by atoms with Crippen molar-refractivity contribution in [2.45, 2.75) is 18.4 Å². The van der Waals surface area contributed by atoms with Crippen molar-refractivity contribution in [2.24, 2.45) is 0 Å². The van der Waals surface area contributed by atoms with E-state index in [9.17, 15) is 4.79 Å². The van der Waals surface area contributed by atoms with Gasteiger partial charge >= 0.3 is 0 Å². The largest absolute Gasteiger partial charge is 0.297 e. The van der Waals surface area contributed by atoms with Crippen molar-refractivity contribution < 1.29 is 4.79 Å². The van der Waals surface area contributed by atoms with Crippen LogP contribution in [0.25, 0.3) is 0 Å². The summed E-state index contributed by atoms with van der Waals surface area (Å²) in [5.41, 5.74) is 5.31. The maximum Gasteiger partial charge on any atom is 0.259 e. The maximum absolute atomic E-state index is 13.2. The van der Waals surface area contributed by atoms with Crippen molar-refractivity contribution >= 4 is 11.6 Å². The Morgan fingerprint density at radius 3 is 2.42 bits per heavy atom. The lowest BCUT2D eigenvalue weighted by molar-refractivity contribution is 0.0980. The molecule has 0 fully saturated rings. The molecule has 0 saturated carbocycles. The first-order valence-corrected chi connectivity index (χ1v) is 8.35. The van der Waals surface area contributed by atoms with Gasteiger partial charge in [0.1, 0.15) is 0 Å². The second-order valence-corrected chi connectivity index (χ2v) is 6.69. The molecule has 0 spiro atoms. The average molecular weight is 311 g/mol. The lowest BCUT2D eigenvalue weighted by Crippen LogP contribution is -2.43. The van der Waals surface area contributed by atoms with E-state index in [4.69, 9.17) is 0 Å². The Balaban J connectivity index is 1.74. The summed E-state index contributed by atoms with van der Waals surface area (Å²) in [5.74, 6) is 0.131. The molecule has 0 aliphatic carbocycles. The zero-order valence-corrected chi connectivity index (χ0v) is 13.3. The van der Waals surface area contributed by atoms with Gasteiger partial charge in [-0.15, -0.1) is 0 Å². The van der Waals surface area contributed by atoms with Gasteiger partial charge in [0.15, 0.2) is 0 Å². The van der Waals surface area contributed by atoms with Crippen LogP contribution in [-0.4, -0.2) is 5.91 Å². The van der Waals surface area contributed by atoms with Gasteiger partial charge < -0.3 is 0 Å². The molecule has 2 heteroatoms. The number of rotatable bonds is 2. The number of nitrogens with zero attached hydrogens (tertiary/aromatic N) is 1. The van der Waals surface area contributed by atoms with Crippen molar-refractivity contribution in [3.8, 4) is 0 Å². The van der Waals surface area contributed by atoms with Crippen molar-refractivity contribution in [1.82, 2.24) is 0 Å². The normalized spacial score (nSPS) is 20.7. The molecule has 0 radical (unpaired) electrons. The van der Waals surface area contributed by atoms with E-state index in [2.05, 4.69) is 48.5 Å². The van der Waals surface area contributed by atoms with Crippen LogP contribution in [0.4, 0.5) is 5.69 Å². The monoisotopic (exact) mass is 311 g/mol. The third kappa shape index (κ3) is 1.68. The van der Waals surface area contributed by atoms with E-state index >= 15 is 0 Å². The molecule has 3 aromatic carbocycles. The van der Waals surface area contributed by atoms with E-state index in [0.29, 0.717) is 0 Å². The summed E-state index contributed by atoms with van der Waals surface area (Å²) in [4.78, 5) is 15.2. The summed E-state index contributed by atoms with van der Waals surface area (Å²) < 4.78 is 0. The van der Waals surface area contributed by atoms with E-state index in [1.165, 1.54) is 11.1 Å². The quantitative estimate of drug-likeness (QED) is 0.689. The van der Waals surface area contributed by atoms with Crippen LogP contribution < -0.4 is 4.90 Å². The Kier molecular flexibility index (Phi) is 2.72. The van der Waals surface area contributed by atoms with Gasteiger partial charge in [-0.1, -0.05) is 66.7 Å². The van der Waals surface area contributed by atoms with Crippen molar-refractivity contribution in [3.05, 3.63) is 101 Å². The van der Waals surface area contributed by atoms with E-state index in [-0.39, 0.29) is 11.4 Å². The topological polar surface area (TPSA) is 20.3 Å². The van der Waals surface area contributed by atoms with Crippen LogP contribution in [0.3, 0.4) is 0 Å². The van der Waals surface area contributed by atoms with Crippen LogP contribution in [0.2, 0.25) is 0 Å². The summed E-state index contributed by atoms with van der Waals surface area (Å²) >= 11 is 0. The fourth-order valence-electron chi connectivity index (χ4n) is 4.39. The molecule has 24 heavy (non-hydrogen) atoms. The number of carbonyl (C=O) groups excluding carboxylic acids is 1. The van der Waals surface area contributed by atoms with Gasteiger partial charge in [0, 0.05) is 24.1 Å². The van der Waals surface area contributed by atoms with E-state index < -0.39 is 0 Å². The van der Waals surface area contributed by atoms with Crippen LogP contribution in [-0.2, 0) is 18.4 Å². The minimum Gasteiger partial charge on any atom is -0.297 e. The summed E-state index contributed by atoms with van der Waals surface area (Å²) in [5, 5.41) is 0. The second kappa shape index (κ2) is 4.81. The Morgan fingerprint density at radius 1 is 0.833 bits per heavy atom. The molecule has 2 heterocycles. The van der Waals surface area contributed by atoms with Gasteiger partial charge in [-0.05, 0) is 28.8 Å². The van der Waals surface area contributed by atoms with Gasteiger partial charge in [0.2, 0.25) is 0 Å². The lowest BCUT2D eigenvalue weighted by atomic mass is 9.81. The van der Waals surface area contributed by atoms with E-state index in [1.807, 2.05) is 35.2 Å². The highest BCUT2D eigenvalue weighted by Gasteiger charge is 2.54. The second-order valence-electron chi connectivity index (χ2n) is 6.69. The molecule has 0 saturated heterocycles. The van der Waals surface area contributed by atoms with Gasteiger partial charge in [-0.2, -0.15) is 0 Å². The highest BCUT2D eigenvalue weighted by Crippen LogP contribution is 2.52. The fraction of sp³-hybridized carbons (Fsp3) is 0.136. The molecule has 0 unspecified atom stereocenters. The molecule has 0 N–H and O–H groups in total. The molecular weight excluding hydrogens is 294 g/mol. The Hall–Kier alpha value is -2.87. The summed E-state index contributed by atoms with van der Waals surface area (Å²) in [6, 6.07) is 26.9. The first-order chi connectivity index (χ1) is 11.8. The predicted molar refractivity (Wildman–Crippen MR) is 95.2 cm³/mol. The number of para-hydroxylation sites is 1. The van der Waals surface area contributed by atoms with Gasteiger partial charge in [0.25, 0.3) is 5.91 Å². The predicted octanol–water partition coefficient (Wildman–Crippen LogP) is 4.34. The number of benzene rings is 3. The minimum absolute atomic E-state index is 0.131. The zero-order chi connectivity index (χ0) is 16.1. The summed E-state index contributed by atoms with van der Waals surface area (Å²) in [6.07, 6.45) is 1.71. The van der Waals surface area contributed by atoms with Gasteiger partial charge in [0.05, 0.1) is 5.54 Å². The third-order valence-electron chi connectivity index (χ3n) is 5.34. The fourth-order valence-corrected chi connectivity index (χ4v) is 4.39. The van der Waals surface area contributed by atoms with Crippen LogP contribution in [0.5, 0.6) is 0 Å². The van der Waals surface area contributed by atoms with Crippen LogP contribution in [0.15, 0.2) is 78.9 Å². The number of hydrogen-bond acceptors (Lipinski definition) is 1. The van der Waals surface area contributed by atoms with Gasteiger partial charge in [-0.25, -0.2) is 0 Å². The lowest BCUT2D eigenvalue weighted by Gasteiger charge is -2.33. The number of carbonyl (C=O) groups is 1. The summed E-state index contributed by atoms with van der Waals surface area (Å²) in [7, 11) is 0. The smallest absolute Gasteiger partial charge is 0.259 e. The van der Waals surface area contributed by atoms with Crippen LogP contribution in [0.1, 0.15) is 27.0 Å². The molecule has 2 aliphatic heterocycles. The van der Waals surface area contributed by atoms with Crippen molar-refractivity contribution in [1.29, 1.82) is 0 Å². The van der Waals surface area contributed by atoms with E-state index in [0.717, 1.165) is 29.7 Å². The number of amides is 1. The summed E-state index contributed by atoms with van der Waals surface area (Å²) in [6.45, 7) is 0. The Morgan fingerprint density at radius 2 is 1.54 bits per heavy atom. The molecule has 2 aliphatic rings. The van der Waals surface area contributed by atoms with Gasteiger partial charge in [-0.3, -0.25) is 9.69 Å². The molecule has 1 amide bonds. The average Bonchev–Trinajstić information content (AvgIpc) is 3.07. The molecule has 1 atom stereocenters. The molecule has 5 rings (SSSR count). The van der Waals surface area contributed by atoms with E-state index in [1.54, 1.807) is 0 Å². The van der Waals surface area contributed by atoms with Crippen LogP contribution >= 0.6 is 0 Å². The van der Waals surface area contributed by atoms with Crippen LogP contribution in [0, 0.1) is 0 Å². The standard InChI is InChI=1S/C22H17NO/c24-21-18-11-5-6-12-19(18)22(14-16-8-2-1-3-9-16)15-17-10-4-7-13-20(17)23(21)22/h1-13H,14-15H2/t22-/m1/s1. The number of hydrogen-bond donors (Lipinski definition) is 0. The highest BCUT2D eigenvalue weighted by atomic mass is 16.2. The minimum atomic E-state index is -0.293.